The number of nitrogens with zero attached hydrogens (tertiary/aromatic N) is 3. The predicted molar refractivity (Wildman–Crippen MR) is 118 cm³/mol. The van der Waals surface area contributed by atoms with Crippen LogP contribution in [0.4, 0.5) is 0 Å². The molecule has 0 saturated carbocycles. The SMILES string of the molecule is CC(C)(O)C(=O)N1CC=C(c2ccc(C(=O)NCc3ccc4nccn4c3)cc2)CC1. The van der Waals surface area contributed by atoms with Gasteiger partial charge in [-0.05, 0) is 55.2 Å². The third-order valence-corrected chi connectivity index (χ3v) is 5.44. The van der Waals surface area contributed by atoms with Crippen molar-refractivity contribution in [1.29, 1.82) is 0 Å². The maximum atomic E-state index is 12.5. The number of carbonyl (C=O) groups is 2. The molecule has 0 atom stereocenters. The average Bonchev–Trinajstić information content (AvgIpc) is 3.24. The van der Waals surface area contributed by atoms with Crippen LogP contribution in [0.3, 0.4) is 0 Å². The van der Waals surface area contributed by atoms with Crippen LogP contribution in [0.15, 0.2) is 61.1 Å². The van der Waals surface area contributed by atoms with Crippen LogP contribution in [-0.4, -0.2) is 49.9 Å². The van der Waals surface area contributed by atoms with Crippen LogP contribution in [0, 0.1) is 0 Å². The molecule has 7 heteroatoms. The largest absolute Gasteiger partial charge is 0.381 e. The van der Waals surface area contributed by atoms with Gasteiger partial charge in [0, 0.05) is 43.8 Å². The van der Waals surface area contributed by atoms with Gasteiger partial charge in [-0.3, -0.25) is 9.59 Å². The molecule has 0 saturated heterocycles. The number of imidazole rings is 1. The average molecular weight is 418 g/mol. The fourth-order valence-electron chi connectivity index (χ4n) is 3.69. The van der Waals surface area contributed by atoms with Gasteiger partial charge in [-0.15, -0.1) is 0 Å². The number of benzene rings is 1. The van der Waals surface area contributed by atoms with E-state index < -0.39 is 5.60 Å². The van der Waals surface area contributed by atoms with Crippen molar-refractivity contribution < 1.29 is 14.7 Å². The molecule has 0 radical (unpaired) electrons. The van der Waals surface area contributed by atoms with E-state index in [1.807, 2.05) is 59.3 Å². The van der Waals surface area contributed by atoms with E-state index in [4.69, 9.17) is 0 Å². The summed E-state index contributed by atoms with van der Waals surface area (Å²) < 4.78 is 1.92. The summed E-state index contributed by atoms with van der Waals surface area (Å²) in [7, 11) is 0. The first-order valence-corrected chi connectivity index (χ1v) is 10.3. The maximum Gasteiger partial charge on any atom is 0.254 e. The lowest BCUT2D eigenvalue weighted by molar-refractivity contribution is -0.147. The Morgan fingerprint density at radius 1 is 1.16 bits per heavy atom. The molecule has 1 aromatic carbocycles. The first-order chi connectivity index (χ1) is 14.8. The summed E-state index contributed by atoms with van der Waals surface area (Å²) in [4.78, 5) is 30.6. The van der Waals surface area contributed by atoms with Gasteiger partial charge in [-0.1, -0.05) is 24.3 Å². The zero-order valence-electron chi connectivity index (χ0n) is 17.7. The van der Waals surface area contributed by atoms with Gasteiger partial charge >= 0.3 is 0 Å². The summed E-state index contributed by atoms with van der Waals surface area (Å²) in [6, 6.07) is 11.4. The molecule has 0 bridgehead atoms. The normalized spacial score (nSPS) is 14.4. The van der Waals surface area contributed by atoms with Crippen molar-refractivity contribution >= 4 is 23.0 Å². The van der Waals surface area contributed by atoms with Crippen LogP contribution in [0.2, 0.25) is 0 Å². The Morgan fingerprint density at radius 2 is 1.94 bits per heavy atom. The summed E-state index contributed by atoms with van der Waals surface area (Å²) in [6.07, 6.45) is 8.29. The van der Waals surface area contributed by atoms with Crippen LogP contribution in [-0.2, 0) is 11.3 Å². The summed E-state index contributed by atoms with van der Waals surface area (Å²) in [5, 5.41) is 12.9. The molecule has 4 rings (SSSR count). The van der Waals surface area contributed by atoms with Crippen molar-refractivity contribution in [3.05, 3.63) is 77.8 Å². The number of rotatable bonds is 5. The molecule has 2 aromatic heterocycles. The van der Waals surface area contributed by atoms with Crippen molar-refractivity contribution in [3.8, 4) is 0 Å². The number of carbonyl (C=O) groups excluding carboxylic acids is 2. The topological polar surface area (TPSA) is 86.9 Å². The van der Waals surface area contributed by atoms with Crippen LogP contribution >= 0.6 is 0 Å². The monoisotopic (exact) mass is 418 g/mol. The molecule has 0 unspecified atom stereocenters. The predicted octanol–water partition coefficient (Wildman–Crippen LogP) is 2.65. The third-order valence-electron chi connectivity index (χ3n) is 5.44. The molecule has 3 heterocycles. The molecular formula is C24H26N4O3. The van der Waals surface area contributed by atoms with E-state index in [1.54, 1.807) is 11.1 Å². The molecule has 1 aliphatic heterocycles. The molecule has 0 aliphatic carbocycles. The third kappa shape index (κ3) is 4.67. The Kier molecular flexibility index (Phi) is 5.61. The lowest BCUT2D eigenvalue weighted by Gasteiger charge is -2.31. The Balaban J connectivity index is 1.36. The van der Waals surface area contributed by atoms with Crippen LogP contribution in [0.25, 0.3) is 11.2 Å². The minimum absolute atomic E-state index is 0.128. The number of hydrogen-bond donors (Lipinski definition) is 2. The Labute approximate surface area is 181 Å². The van der Waals surface area contributed by atoms with Crippen molar-refractivity contribution in [3.63, 3.8) is 0 Å². The molecule has 1 aliphatic rings. The number of hydrogen-bond acceptors (Lipinski definition) is 4. The first-order valence-electron chi connectivity index (χ1n) is 10.3. The van der Waals surface area contributed by atoms with Gasteiger partial charge in [0.15, 0.2) is 0 Å². The highest BCUT2D eigenvalue weighted by Gasteiger charge is 2.30. The fourth-order valence-corrected chi connectivity index (χ4v) is 3.69. The van der Waals surface area contributed by atoms with Crippen LogP contribution in [0.5, 0.6) is 0 Å². The highest BCUT2D eigenvalue weighted by atomic mass is 16.3. The molecule has 7 nitrogen and oxygen atoms in total. The van der Waals surface area contributed by atoms with Crippen molar-refractivity contribution in [2.75, 3.05) is 13.1 Å². The van der Waals surface area contributed by atoms with Gasteiger partial charge in [0.1, 0.15) is 11.2 Å². The molecule has 0 spiro atoms. The summed E-state index contributed by atoms with van der Waals surface area (Å²) in [5.74, 6) is -0.390. The summed E-state index contributed by atoms with van der Waals surface area (Å²) in [5.41, 5.74) is 3.29. The molecule has 3 aromatic rings. The van der Waals surface area contributed by atoms with Gasteiger partial charge in [0.2, 0.25) is 0 Å². The van der Waals surface area contributed by atoms with E-state index in [9.17, 15) is 14.7 Å². The standard InChI is InChI=1S/C24H26N4O3/c1-24(2,31)23(30)27-12-9-19(10-13-27)18-4-6-20(7-5-18)22(29)26-15-17-3-8-21-25-11-14-28(21)16-17/h3-9,11,14,16,31H,10,12-13,15H2,1-2H3,(H,26,29). The zero-order chi connectivity index (χ0) is 22.0. The Morgan fingerprint density at radius 3 is 2.61 bits per heavy atom. The Hall–Kier alpha value is -3.45. The second-order valence-corrected chi connectivity index (χ2v) is 8.28. The van der Waals surface area contributed by atoms with Gasteiger partial charge in [0.05, 0.1) is 0 Å². The zero-order valence-corrected chi connectivity index (χ0v) is 17.7. The fraction of sp³-hybridized carbons (Fsp3) is 0.292. The van der Waals surface area contributed by atoms with Gasteiger partial charge < -0.3 is 19.7 Å². The van der Waals surface area contributed by atoms with Gasteiger partial charge in [-0.2, -0.15) is 0 Å². The second kappa shape index (κ2) is 8.35. The van der Waals surface area contributed by atoms with Crippen molar-refractivity contribution in [2.24, 2.45) is 0 Å². The molecule has 31 heavy (non-hydrogen) atoms. The molecule has 2 amide bonds. The van der Waals surface area contributed by atoms with Gasteiger partial charge in [-0.25, -0.2) is 4.98 Å². The van der Waals surface area contributed by atoms with E-state index in [1.165, 1.54) is 13.8 Å². The van der Waals surface area contributed by atoms with Gasteiger partial charge in [0.25, 0.3) is 11.8 Å². The smallest absolute Gasteiger partial charge is 0.254 e. The lowest BCUT2D eigenvalue weighted by Crippen LogP contribution is -2.46. The van der Waals surface area contributed by atoms with Crippen LogP contribution in [0.1, 0.15) is 41.8 Å². The van der Waals surface area contributed by atoms with E-state index in [0.29, 0.717) is 31.6 Å². The maximum absolute atomic E-state index is 12.5. The lowest BCUT2D eigenvalue weighted by atomic mass is 9.97. The number of nitrogens with one attached hydrogen (secondary N) is 1. The molecule has 160 valence electrons. The number of pyridine rings is 1. The first kappa shape index (κ1) is 20.8. The quantitative estimate of drug-likeness (QED) is 0.667. The van der Waals surface area contributed by atoms with Crippen LogP contribution < -0.4 is 5.32 Å². The molecule has 0 fully saturated rings. The minimum atomic E-state index is -1.36. The molecule has 2 N–H and O–H groups in total. The number of amides is 2. The highest BCUT2D eigenvalue weighted by molar-refractivity contribution is 5.94. The highest BCUT2D eigenvalue weighted by Crippen LogP contribution is 2.24. The summed E-state index contributed by atoms with van der Waals surface area (Å²) in [6.45, 7) is 4.49. The second-order valence-electron chi connectivity index (χ2n) is 8.28. The van der Waals surface area contributed by atoms with E-state index >= 15 is 0 Å². The van der Waals surface area contributed by atoms with Crippen molar-refractivity contribution in [2.45, 2.75) is 32.4 Å². The molecular weight excluding hydrogens is 392 g/mol. The number of fused-ring (bicyclic) bond motifs is 1. The summed E-state index contributed by atoms with van der Waals surface area (Å²) >= 11 is 0. The number of aromatic nitrogens is 2. The van der Waals surface area contributed by atoms with E-state index in [0.717, 1.165) is 22.3 Å². The minimum Gasteiger partial charge on any atom is -0.381 e. The van der Waals surface area contributed by atoms with Crippen molar-refractivity contribution in [1.82, 2.24) is 19.6 Å². The van der Waals surface area contributed by atoms with E-state index in [2.05, 4.69) is 10.3 Å². The van der Waals surface area contributed by atoms with E-state index in [-0.39, 0.29) is 11.8 Å². The Bertz CT molecular complexity index is 1140. The number of aliphatic hydroxyl groups is 1.